The molecule has 2 aromatic heterocycles. The first-order valence-electron chi connectivity index (χ1n) is 9.10. The molecule has 0 saturated carbocycles. The Hall–Kier alpha value is -2.99. The van der Waals surface area contributed by atoms with Gasteiger partial charge in [0.2, 0.25) is 5.95 Å². The standard InChI is InChI=1S/C21H25N5O/c1-15(2)19(14-27)25-21-24-18(17-8-4-3-5-9-17)11-20(26-21)23-13-16-7-6-10-22-12-16/h3-12,15,19,27H,13-14H2,1-2H3,(H2,23,24,25,26)/t19-/m0/s1. The third-order valence-corrected chi connectivity index (χ3v) is 4.31. The molecule has 6 nitrogen and oxygen atoms in total. The fraction of sp³-hybridized carbons (Fsp3) is 0.286. The van der Waals surface area contributed by atoms with Crippen LogP contribution in [0.2, 0.25) is 0 Å². The smallest absolute Gasteiger partial charge is 0.225 e. The summed E-state index contributed by atoms with van der Waals surface area (Å²) < 4.78 is 0. The topological polar surface area (TPSA) is 83.0 Å². The zero-order chi connectivity index (χ0) is 19.1. The Morgan fingerprint density at radius 2 is 1.85 bits per heavy atom. The zero-order valence-corrected chi connectivity index (χ0v) is 15.6. The highest BCUT2D eigenvalue weighted by molar-refractivity contribution is 5.64. The van der Waals surface area contributed by atoms with E-state index in [2.05, 4.69) is 39.4 Å². The van der Waals surface area contributed by atoms with E-state index >= 15 is 0 Å². The van der Waals surface area contributed by atoms with E-state index in [1.165, 1.54) is 0 Å². The van der Waals surface area contributed by atoms with Crippen LogP contribution in [0.1, 0.15) is 19.4 Å². The Kier molecular flexibility index (Phi) is 6.33. The van der Waals surface area contributed by atoms with Crippen LogP contribution in [0, 0.1) is 5.92 Å². The van der Waals surface area contributed by atoms with Gasteiger partial charge in [-0.2, -0.15) is 4.98 Å². The monoisotopic (exact) mass is 363 g/mol. The van der Waals surface area contributed by atoms with Gasteiger partial charge in [0.05, 0.1) is 18.3 Å². The molecule has 3 aromatic rings. The Morgan fingerprint density at radius 1 is 1.04 bits per heavy atom. The summed E-state index contributed by atoms with van der Waals surface area (Å²) in [5, 5.41) is 16.2. The van der Waals surface area contributed by atoms with Crippen molar-refractivity contribution in [3.8, 4) is 11.3 Å². The van der Waals surface area contributed by atoms with Crippen molar-refractivity contribution in [3.05, 3.63) is 66.5 Å². The van der Waals surface area contributed by atoms with E-state index < -0.39 is 0 Å². The number of aromatic nitrogens is 3. The van der Waals surface area contributed by atoms with Crippen LogP contribution in [0.25, 0.3) is 11.3 Å². The van der Waals surface area contributed by atoms with Crippen molar-refractivity contribution in [2.24, 2.45) is 5.92 Å². The fourth-order valence-electron chi connectivity index (χ4n) is 2.64. The highest BCUT2D eigenvalue weighted by Gasteiger charge is 2.15. The molecule has 6 heteroatoms. The third kappa shape index (κ3) is 5.24. The molecule has 0 fully saturated rings. The van der Waals surface area contributed by atoms with Crippen LogP contribution in [-0.2, 0) is 6.54 Å². The Balaban J connectivity index is 1.88. The summed E-state index contributed by atoms with van der Waals surface area (Å²) in [6.07, 6.45) is 3.58. The molecule has 0 radical (unpaired) electrons. The summed E-state index contributed by atoms with van der Waals surface area (Å²) in [6.45, 7) is 4.74. The van der Waals surface area contributed by atoms with E-state index in [0.717, 1.165) is 22.6 Å². The molecular formula is C21H25N5O. The van der Waals surface area contributed by atoms with E-state index in [4.69, 9.17) is 0 Å². The van der Waals surface area contributed by atoms with Gasteiger partial charge in [-0.1, -0.05) is 50.2 Å². The van der Waals surface area contributed by atoms with Crippen LogP contribution < -0.4 is 10.6 Å². The Labute approximate surface area is 159 Å². The minimum atomic E-state index is -0.109. The number of nitrogens with zero attached hydrogens (tertiary/aromatic N) is 3. The fourth-order valence-corrected chi connectivity index (χ4v) is 2.64. The quantitative estimate of drug-likeness (QED) is 0.567. The summed E-state index contributed by atoms with van der Waals surface area (Å²) in [5.74, 6) is 1.47. The maximum absolute atomic E-state index is 9.62. The Bertz CT molecular complexity index is 840. The first-order chi connectivity index (χ1) is 13.2. The normalized spacial score (nSPS) is 12.0. The zero-order valence-electron chi connectivity index (χ0n) is 15.6. The Morgan fingerprint density at radius 3 is 2.52 bits per heavy atom. The van der Waals surface area contributed by atoms with Crippen LogP contribution in [0.15, 0.2) is 60.9 Å². The van der Waals surface area contributed by atoms with Crippen LogP contribution in [0.3, 0.4) is 0 Å². The van der Waals surface area contributed by atoms with Crippen LogP contribution in [0.5, 0.6) is 0 Å². The van der Waals surface area contributed by atoms with Gasteiger partial charge < -0.3 is 15.7 Å². The van der Waals surface area contributed by atoms with Crippen LogP contribution in [-0.4, -0.2) is 32.7 Å². The van der Waals surface area contributed by atoms with Crippen molar-refractivity contribution in [3.63, 3.8) is 0 Å². The van der Waals surface area contributed by atoms with Crippen molar-refractivity contribution in [2.75, 3.05) is 17.2 Å². The van der Waals surface area contributed by atoms with Crippen molar-refractivity contribution < 1.29 is 5.11 Å². The molecule has 3 rings (SSSR count). The van der Waals surface area contributed by atoms with E-state index in [-0.39, 0.29) is 18.6 Å². The predicted molar refractivity (Wildman–Crippen MR) is 108 cm³/mol. The van der Waals surface area contributed by atoms with Gasteiger partial charge in [0.1, 0.15) is 5.82 Å². The molecule has 0 spiro atoms. The number of nitrogens with one attached hydrogen (secondary N) is 2. The molecular weight excluding hydrogens is 338 g/mol. The molecule has 27 heavy (non-hydrogen) atoms. The van der Waals surface area contributed by atoms with E-state index in [1.807, 2.05) is 54.7 Å². The maximum Gasteiger partial charge on any atom is 0.225 e. The molecule has 1 atom stereocenters. The first-order valence-corrected chi connectivity index (χ1v) is 9.10. The molecule has 0 amide bonds. The third-order valence-electron chi connectivity index (χ3n) is 4.31. The summed E-state index contributed by atoms with van der Waals surface area (Å²) in [7, 11) is 0. The summed E-state index contributed by atoms with van der Waals surface area (Å²) in [6, 6.07) is 15.7. The minimum absolute atomic E-state index is 0.0229. The van der Waals surface area contributed by atoms with Crippen LogP contribution in [0.4, 0.5) is 11.8 Å². The first kappa shape index (κ1) is 18.8. The highest BCUT2D eigenvalue weighted by Crippen LogP contribution is 2.22. The summed E-state index contributed by atoms with van der Waals surface area (Å²) in [5.41, 5.74) is 2.90. The van der Waals surface area contributed by atoms with Gasteiger partial charge in [0, 0.05) is 30.6 Å². The number of hydrogen-bond acceptors (Lipinski definition) is 6. The number of benzene rings is 1. The molecule has 1 aromatic carbocycles. The molecule has 3 N–H and O–H groups in total. The van der Waals surface area contributed by atoms with Gasteiger partial charge in [-0.05, 0) is 17.5 Å². The average Bonchev–Trinajstić information content (AvgIpc) is 2.71. The lowest BCUT2D eigenvalue weighted by molar-refractivity contribution is 0.248. The molecule has 0 unspecified atom stereocenters. The average molecular weight is 363 g/mol. The number of hydrogen-bond donors (Lipinski definition) is 3. The molecule has 0 aliphatic carbocycles. The second-order valence-corrected chi connectivity index (χ2v) is 6.72. The van der Waals surface area contributed by atoms with E-state index in [0.29, 0.717) is 12.5 Å². The highest BCUT2D eigenvalue weighted by atomic mass is 16.3. The van der Waals surface area contributed by atoms with Gasteiger partial charge in [-0.3, -0.25) is 4.98 Å². The second kappa shape index (κ2) is 9.09. The number of rotatable bonds is 8. The van der Waals surface area contributed by atoms with Crippen LogP contribution >= 0.6 is 0 Å². The van der Waals surface area contributed by atoms with E-state index in [9.17, 15) is 5.11 Å². The van der Waals surface area contributed by atoms with Gasteiger partial charge in [-0.25, -0.2) is 4.98 Å². The molecule has 2 heterocycles. The lowest BCUT2D eigenvalue weighted by Gasteiger charge is -2.20. The van der Waals surface area contributed by atoms with Crippen molar-refractivity contribution in [2.45, 2.75) is 26.4 Å². The van der Waals surface area contributed by atoms with Gasteiger partial charge in [-0.15, -0.1) is 0 Å². The summed E-state index contributed by atoms with van der Waals surface area (Å²) >= 11 is 0. The molecule has 0 aliphatic rings. The number of anilines is 2. The number of aliphatic hydroxyl groups is 1. The molecule has 0 saturated heterocycles. The van der Waals surface area contributed by atoms with Gasteiger partial charge in [0.15, 0.2) is 0 Å². The number of pyridine rings is 1. The second-order valence-electron chi connectivity index (χ2n) is 6.72. The number of aliphatic hydroxyl groups excluding tert-OH is 1. The predicted octanol–water partition coefficient (Wildman–Crippen LogP) is 3.58. The van der Waals surface area contributed by atoms with Crippen molar-refractivity contribution in [1.29, 1.82) is 0 Å². The molecule has 140 valence electrons. The lowest BCUT2D eigenvalue weighted by atomic mass is 10.1. The molecule has 0 bridgehead atoms. The lowest BCUT2D eigenvalue weighted by Crippen LogP contribution is -2.30. The van der Waals surface area contributed by atoms with Gasteiger partial charge >= 0.3 is 0 Å². The SMILES string of the molecule is CC(C)[C@H](CO)Nc1nc(NCc2cccnc2)cc(-c2ccccc2)n1. The summed E-state index contributed by atoms with van der Waals surface area (Å²) in [4.78, 5) is 13.4. The minimum Gasteiger partial charge on any atom is -0.394 e. The maximum atomic E-state index is 9.62. The van der Waals surface area contributed by atoms with Gasteiger partial charge in [0.25, 0.3) is 0 Å². The van der Waals surface area contributed by atoms with Crippen molar-refractivity contribution >= 4 is 11.8 Å². The van der Waals surface area contributed by atoms with E-state index in [1.54, 1.807) is 6.20 Å². The molecule has 0 aliphatic heterocycles. The van der Waals surface area contributed by atoms with Crippen molar-refractivity contribution in [1.82, 2.24) is 15.0 Å². The largest absolute Gasteiger partial charge is 0.394 e.